The van der Waals surface area contributed by atoms with Gasteiger partial charge in [-0.25, -0.2) is 0 Å². The van der Waals surface area contributed by atoms with Gasteiger partial charge in [0.1, 0.15) is 0 Å². The Bertz CT molecular complexity index is 64.6. The van der Waals surface area contributed by atoms with Gasteiger partial charge in [0, 0.05) is 12.6 Å². The van der Waals surface area contributed by atoms with E-state index < -0.39 is 0 Å². The molecule has 0 aromatic carbocycles. The molecule has 70 valence electrons. The Morgan fingerprint density at radius 1 is 1.55 bits per heavy atom. The molecule has 0 saturated carbocycles. The van der Waals surface area contributed by atoms with Crippen LogP contribution in [0, 0.1) is 0 Å². The van der Waals surface area contributed by atoms with Gasteiger partial charge in [-0.3, -0.25) is 0 Å². The Kier molecular flexibility index (Phi) is 25.2. The maximum atomic E-state index is 8.46. The normalized spacial score (nSPS) is 10.2. The average molecular weight is 161 g/mol. The highest BCUT2D eigenvalue weighted by Gasteiger charge is 1.92. The predicted octanol–water partition coefficient (Wildman–Crippen LogP) is 1.81. The molecule has 0 bridgehead atoms. The molecule has 0 aliphatic heterocycles. The predicted molar refractivity (Wildman–Crippen MR) is 52.8 cm³/mol. The summed E-state index contributed by atoms with van der Waals surface area (Å²) >= 11 is 0. The van der Waals surface area contributed by atoms with Crippen molar-refractivity contribution < 1.29 is 5.11 Å². The van der Waals surface area contributed by atoms with Crippen LogP contribution in [-0.4, -0.2) is 24.3 Å². The van der Waals surface area contributed by atoms with Crippen LogP contribution in [0.15, 0.2) is 12.7 Å². The first kappa shape index (κ1) is 17.0. The van der Waals surface area contributed by atoms with E-state index in [9.17, 15) is 0 Å². The van der Waals surface area contributed by atoms with E-state index in [0.29, 0.717) is 0 Å². The minimum absolute atomic E-state index is 0. The quantitative estimate of drug-likeness (QED) is 0.616. The first-order valence-corrected chi connectivity index (χ1v) is 3.76. The Morgan fingerprint density at radius 3 is 2.27 bits per heavy atom. The van der Waals surface area contributed by atoms with Crippen LogP contribution in [0.2, 0.25) is 0 Å². The van der Waals surface area contributed by atoms with Crippen molar-refractivity contribution in [2.75, 3.05) is 13.2 Å². The van der Waals surface area contributed by atoms with Crippen LogP contribution in [0.4, 0.5) is 0 Å². The van der Waals surface area contributed by atoms with Gasteiger partial charge in [0.05, 0.1) is 6.61 Å². The fourth-order valence-electron chi connectivity index (χ4n) is 0.349. The van der Waals surface area contributed by atoms with Gasteiger partial charge < -0.3 is 10.4 Å². The summed E-state index contributed by atoms with van der Waals surface area (Å²) < 4.78 is 0. The molecular weight excluding hydrogens is 138 g/mol. The van der Waals surface area contributed by atoms with Crippen molar-refractivity contribution in [3.63, 3.8) is 0 Å². The van der Waals surface area contributed by atoms with Gasteiger partial charge in [0.15, 0.2) is 0 Å². The molecule has 0 fully saturated rings. The SMILES string of the molecule is C.C=CCNC(C)CO.CC. The third kappa shape index (κ3) is 17.7. The zero-order valence-electron chi connectivity index (χ0n) is 7.22. The van der Waals surface area contributed by atoms with Crippen LogP contribution in [-0.2, 0) is 0 Å². The van der Waals surface area contributed by atoms with Crippen LogP contribution in [0.25, 0.3) is 0 Å². The van der Waals surface area contributed by atoms with Crippen LogP contribution in [0.1, 0.15) is 28.2 Å². The number of nitrogens with one attached hydrogen (secondary N) is 1. The van der Waals surface area contributed by atoms with Crippen molar-refractivity contribution in [2.45, 2.75) is 34.2 Å². The molecule has 0 aromatic rings. The second kappa shape index (κ2) is 16.3. The highest BCUT2D eigenvalue weighted by molar-refractivity contribution is 4.71. The van der Waals surface area contributed by atoms with E-state index in [2.05, 4.69) is 11.9 Å². The summed E-state index contributed by atoms with van der Waals surface area (Å²) in [5, 5.41) is 11.5. The summed E-state index contributed by atoms with van der Waals surface area (Å²) in [5.41, 5.74) is 0. The van der Waals surface area contributed by atoms with E-state index in [-0.39, 0.29) is 20.1 Å². The highest BCUT2D eigenvalue weighted by Crippen LogP contribution is 1.74. The zero-order chi connectivity index (χ0) is 8.41. The molecule has 0 rings (SSSR count). The Balaban J connectivity index is -0.000000196. The van der Waals surface area contributed by atoms with Gasteiger partial charge in [-0.15, -0.1) is 6.58 Å². The lowest BCUT2D eigenvalue weighted by atomic mass is 10.3. The third-order valence-electron chi connectivity index (χ3n) is 0.885. The van der Waals surface area contributed by atoms with Gasteiger partial charge in [-0.2, -0.15) is 0 Å². The summed E-state index contributed by atoms with van der Waals surface area (Å²) in [4.78, 5) is 0. The molecule has 0 heterocycles. The maximum absolute atomic E-state index is 8.46. The maximum Gasteiger partial charge on any atom is 0.0582 e. The second-order valence-electron chi connectivity index (χ2n) is 1.78. The standard InChI is InChI=1S/C6H13NO.C2H6.CH4/c1-3-4-7-6(2)5-8;1-2;/h3,6-8H,1,4-5H2,2H3;1-2H3;1H4. The van der Waals surface area contributed by atoms with Crippen LogP contribution in [0.3, 0.4) is 0 Å². The number of aliphatic hydroxyl groups excluding tert-OH is 1. The second-order valence-corrected chi connectivity index (χ2v) is 1.78. The van der Waals surface area contributed by atoms with E-state index in [1.165, 1.54) is 0 Å². The van der Waals surface area contributed by atoms with Gasteiger partial charge in [0.2, 0.25) is 0 Å². The van der Waals surface area contributed by atoms with E-state index in [1.807, 2.05) is 20.8 Å². The summed E-state index contributed by atoms with van der Waals surface area (Å²) in [6.45, 7) is 10.4. The van der Waals surface area contributed by atoms with Gasteiger partial charge in [-0.05, 0) is 6.92 Å². The Hall–Kier alpha value is -0.340. The summed E-state index contributed by atoms with van der Waals surface area (Å²) in [7, 11) is 0. The zero-order valence-corrected chi connectivity index (χ0v) is 7.22. The molecule has 1 unspecified atom stereocenters. The van der Waals surface area contributed by atoms with E-state index in [1.54, 1.807) is 6.08 Å². The van der Waals surface area contributed by atoms with Crippen molar-refractivity contribution in [1.29, 1.82) is 0 Å². The summed E-state index contributed by atoms with van der Waals surface area (Å²) in [6.07, 6.45) is 1.77. The number of hydrogen-bond acceptors (Lipinski definition) is 2. The van der Waals surface area contributed by atoms with Crippen LogP contribution >= 0.6 is 0 Å². The average Bonchev–Trinajstić information content (AvgIpc) is 2.04. The molecule has 0 aliphatic carbocycles. The molecule has 0 amide bonds. The number of hydrogen-bond donors (Lipinski definition) is 2. The molecule has 2 heteroatoms. The van der Waals surface area contributed by atoms with Crippen molar-refractivity contribution in [2.24, 2.45) is 0 Å². The molecule has 0 radical (unpaired) electrons. The van der Waals surface area contributed by atoms with E-state index in [4.69, 9.17) is 5.11 Å². The first-order chi connectivity index (χ1) is 4.81. The van der Waals surface area contributed by atoms with Gasteiger partial charge in [-0.1, -0.05) is 27.4 Å². The fourth-order valence-corrected chi connectivity index (χ4v) is 0.349. The molecule has 2 nitrogen and oxygen atoms in total. The van der Waals surface area contributed by atoms with Crippen molar-refractivity contribution in [3.8, 4) is 0 Å². The minimum Gasteiger partial charge on any atom is -0.395 e. The molecule has 1 atom stereocenters. The molecule has 11 heavy (non-hydrogen) atoms. The largest absolute Gasteiger partial charge is 0.395 e. The lowest BCUT2D eigenvalue weighted by molar-refractivity contribution is 0.255. The van der Waals surface area contributed by atoms with E-state index in [0.717, 1.165) is 6.54 Å². The topological polar surface area (TPSA) is 32.3 Å². The third-order valence-corrected chi connectivity index (χ3v) is 0.885. The van der Waals surface area contributed by atoms with Crippen molar-refractivity contribution >= 4 is 0 Å². The van der Waals surface area contributed by atoms with Gasteiger partial charge >= 0.3 is 0 Å². The van der Waals surface area contributed by atoms with Crippen molar-refractivity contribution in [1.82, 2.24) is 5.32 Å². The van der Waals surface area contributed by atoms with Crippen molar-refractivity contribution in [3.05, 3.63) is 12.7 Å². The van der Waals surface area contributed by atoms with Crippen LogP contribution < -0.4 is 5.32 Å². The summed E-state index contributed by atoms with van der Waals surface area (Å²) in [5.74, 6) is 0. The molecule has 2 N–H and O–H groups in total. The smallest absolute Gasteiger partial charge is 0.0582 e. The Labute approximate surface area is 71.3 Å². The lowest BCUT2D eigenvalue weighted by Gasteiger charge is -2.06. The number of aliphatic hydroxyl groups is 1. The monoisotopic (exact) mass is 161 g/mol. The lowest BCUT2D eigenvalue weighted by Crippen LogP contribution is -2.28. The van der Waals surface area contributed by atoms with E-state index >= 15 is 0 Å². The number of rotatable bonds is 4. The van der Waals surface area contributed by atoms with Crippen LogP contribution in [0.5, 0.6) is 0 Å². The fraction of sp³-hybridized carbons (Fsp3) is 0.778. The molecular formula is C9H23NO. The summed E-state index contributed by atoms with van der Waals surface area (Å²) in [6, 6.07) is 0.188. The molecule has 0 saturated heterocycles. The Morgan fingerprint density at radius 2 is 2.00 bits per heavy atom. The minimum atomic E-state index is 0. The molecule has 0 aliphatic rings. The molecule has 0 spiro atoms. The molecule has 0 aromatic heterocycles. The first-order valence-electron chi connectivity index (χ1n) is 3.76. The van der Waals surface area contributed by atoms with Gasteiger partial charge in [0.25, 0.3) is 0 Å². The highest BCUT2D eigenvalue weighted by atomic mass is 16.3.